The van der Waals surface area contributed by atoms with Crippen LogP contribution in [0.15, 0.2) is 10.1 Å². The molecule has 1 aliphatic heterocycles. The minimum Gasteiger partial charge on any atom is -0.312 e. The van der Waals surface area contributed by atoms with Crippen molar-refractivity contribution in [2.75, 3.05) is 12.0 Å². The van der Waals surface area contributed by atoms with Gasteiger partial charge in [0.25, 0.3) is 0 Å². The van der Waals surface area contributed by atoms with Crippen molar-refractivity contribution in [3.63, 3.8) is 0 Å². The number of hydrogen-bond donors (Lipinski definition) is 1. The third-order valence-electron chi connectivity index (χ3n) is 3.02. The van der Waals surface area contributed by atoms with Crippen molar-refractivity contribution < 1.29 is 13.6 Å². The van der Waals surface area contributed by atoms with Crippen LogP contribution in [0, 0.1) is 0 Å². The molecule has 0 fully saturated rings. The van der Waals surface area contributed by atoms with E-state index < -0.39 is 19.9 Å². The summed E-state index contributed by atoms with van der Waals surface area (Å²) in [5.74, 6) is 0.354. The smallest absolute Gasteiger partial charge is 0.199 e. The first-order valence-corrected chi connectivity index (χ1v) is 9.32. The second-order valence-electron chi connectivity index (χ2n) is 5.19. The number of nitrogens with zero attached hydrogens (tertiary/aromatic N) is 1. The van der Waals surface area contributed by atoms with E-state index in [0.29, 0.717) is 5.75 Å². The molecule has 0 saturated heterocycles. The molecule has 100 valence electrons. The first kappa shape index (κ1) is 15.5. The lowest BCUT2D eigenvalue weighted by atomic mass is 9.98. The zero-order chi connectivity index (χ0) is 13.6. The number of halogens is 1. The van der Waals surface area contributed by atoms with Crippen molar-refractivity contribution in [1.82, 2.24) is 5.06 Å². The van der Waals surface area contributed by atoms with Crippen LogP contribution in [0.1, 0.15) is 27.7 Å². The molecule has 7 heteroatoms. The van der Waals surface area contributed by atoms with Gasteiger partial charge < -0.3 is 5.21 Å². The van der Waals surface area contributed by atoms with Crippen LogP contribution < -0.4 is 0 Å². The molecule has 0 radical (unpaired) electrons. The van der Waals surface area contributed by atoms with E-state index in [9.17, 15) is 13.6 Å². The Hall–Kier alpha value is 0.440. The predicted molar refractivity (Wildman–Crippen MR) is 75.0 cm³/mol. The molecule has 4 nitrogen and oxygen atoms in total. The van der Waals surface area contributed by atoms with Crippen molar-refractivity contribution in [2.24, 2.45) is 0 Å². The fraction of sp³-hybridized carbons (Fsp3) is 0.800. The van der Waals surface area contributed by atoms with Gasteiger partial charge in [0.2, 0.25) is 0 Å². The monoisotopic (exact) mass is 343 g/mol. The third-order valence-corrected chi connectivity index (χ3v) is 6.94. The summed E-state index contributed by atoms with van der Waals surface area (Å²) >= 11 is 3.48. The molecule has 0 saturated carbocycles. The van der Waals surface area contributed by atoms with Gasteiger partial charge in [0.1, 0.15) is 0 Å². The average molecular weight is 344 g/mol. The fourth-order valence-electron chi connectivity index (χ4n) is 1.96. The van der Waals surface area contributed by atoms with Gasteiger partial charge in [-0.3, -0.25) is 0 Å². The predicted octanol–water partition coefficient (Wildman–Crippen LogP) is 2.59. The van der Waals surface area contributed by atoms with E-state index >= 15 is 0 Å². The Kier molecular flexibility index (Phi) is 4.12. The van der Waals surface area contributed by atoms with Gasteiger partial charge in [0.15, 0.2) is 8.87 Å². The van der Waals surface area contributed by atoms with Crippen molar-refractivity contribution in [3.8, 4) is 0 Å². The molecule has 1 aliphatic rings. The highest BCUT2D eigenvalue weighted by atomic mass is 79.9. The SMILES string of the molecule is CC1(C)C(Br)=C(CSS(C)(=O)=O)C(C)(C)N1O. The topological polar surface area (TPSA) is 57.6 Å². The lowest BCUT2D eigenvalue weighted by Crippen LogP contribution is -2.48. The Morgan fingerprint density at radius 3 is 2.06 bits per heavy atom. The molecule has 1 N–H and O–H groups in total. The Labute approximate surface area is 115 Å². The van der Waals surface area contributed by atoms with E-state index in [4.69, 9.17) is 0 Å². The minimum atomic E-state index is -3.08. The number of hydrogen-bond acceptors (Lipinski definition) is 5. The quantitative estimate of drug-likeness (QED) is 0.798. The van der Waals surface area contributed by atoms with Crippen LogP contribution in [0.2, 0.25) is 0 Å². The maximum atomic E-state index is 11.2. The summed E-state index contributed by atoms with van der Waals surface area (Å²) in [6.07, 6.45) is 1.19. The maximum Gasteiger partial charge on any atom is 0.199 e. The molecule has 0 aromatic heterocycles. The highest BCUT2D eigenvalue weighted by Gasteiger charge is 2.49. The fourth-order valence-corrected chi connectivity index (χ4v) is 4.77. The van der Waals surface area contributed by atoms with E-state index in [1.807, 2.05) is 27.7 Å². The molecule has 1 heterocycles. The Bertz CT molecular complexity index is 454. The molecule has 0 atom stereocenters. The van der Waals surface area contributed by atoms with Gasteiger partial charge in [-0.2, -0.15) is 5.06 Å². The van der Waals surface area contributed by atoms with Gasteiger partial charge in [-0.1, -0.05) is 15.9 Å². The molecule has 0 aliphatic carbocycles. The summed E-state index contributed by atoms with van der Waals surface area (Å²) in [5.41, 5.74) is -0.197. The summed E-state index contributed by atoms with van der Waals surface area (Å²) in [4.78, 5) is 0. The van der Waals surface area contributed by atoms with Crippen molar-refractivity contribution in [3.05, 3.63) is 10.1 Å². The highest BCUT2D eigenvalue weighted by Crippen LogP contribution is 2.47. The van der Waals surface area contributed by atoms with Crippen LogP contribution in [0.3, 0.4) is 0 Å². The molecule has 0 unspecified atom stereocenters. The second-order valence-corrected chi connectivity index (χ2v) is 10.4. The zero-order valence-electron chi connectivity index (χ0n) is 10.6. The number of hydroxylamine groups is 2. The van der Waals surface area contributed by atoms with Gasteiger partial charge in [-0.05, 0) is 44.1 Å². The lowest BCUT2D eigenvalue weighted by molar-refractivity contribution is -0.185. The van der Waals surface area contributed by atoms with Gasteiger partial charge in [0, 0.05) is 16.5 Å². The van der Waals surface area contributed by atoms with Crippen LogP contribution >= 0.6 is 26.7 Å². The summed E-state index contributed by atoms with van der Waals surface area (Å²) < 4.78 is 23.3. The van der Waals surface area contributed by atoms with Crippen LogP contribution in [0.25, 0.3) is 0 Å². The molecule has 0 aromatic rings. The Morgan fingerprint density at radius 1 is 1.29 bits per heavy atom. The van der Waals surface area contributed by atoms with Crippen LogP contribution in [0.4, 0.5) is 0 Å². The van der Waals surface area contributed by atoms with Crippen LogP contribution in [-0.4, -0.2) is 41.8 Å². The first-order chi connectivity index (χ1) is 7.40. The van der Waals surface area contributed by atoms with Crippen LogP contribution in [0.5, 0.6) is 0 Å². The van der Waals surface area contributed by atoms with Gasteiger partial charge in [-0.25, -0.2) is 8.42 Å². The van der Waals surface area contributed by atoms with Gasteiger partial charge in [-0.15, -0.1) is 0 Å². The molecular weight excluding hydrogens is 326 g/mol. The standard InChI is InChI=1S/C10H18BrNO3S2/c1-9(2)7(6-16-17(5,14)15)8(11)10(3,4)12(9)13/h13H,6H2,1-5H3. The van der Waals surface area contributed by atoms with Crippen molar-refractivity contribution in [1.29, 1.82) is 0 Å². The molecule has 0 spiro atoms. The molecule has 0 amide bonds. The van der Waals surface area contributed by atoms with Crippen LogP contribution in [-0.2, 0) is 8.87 Å². The van der Waals surface area contributed by atoms with E-state index in [1.54, 1.807) is 0 Å². The summed E-state index contributed by atoms with van der Waals surface area (Å²) in [6.45, 7) is 7.52. The normalized spacial score (nSPS) is 24.4. The first-order valence-electron chi connectivity index (χ1n) is 5.14. The third kappa shape index (κ3) is 2.89. The van der Waals surface area contributed by atoms with E-state index in [2.05, 4.69) is 15.9 Å². The molecule has 17 heavy (non-hydrogen) atoms. The van der Waals surface area contributed by atoms with E-state index in [0.717, 1.165) is 20.8 Å². The van der Waals surface area contributed by atoms with Gasteiger partial charge in [0.05, 0.1) is 11.1 Å². The molecular formula is C10H18BrNO3S2. The van der Waals surface area contributed by atoms with Gasteiger partial charge >= 0.3 is 0 Å². The highest BCUT2D eigenvalue weighted by molar-refractivity contribution is 9.11. The second kappa shape index (κ2) is 4.52. The van der Waals surface area contributed by atoms with Crippen molar-refractivity contribution in [2.45, 2.75) is 38.8 Å². The van der Waals surface area contributed by atoms with Crippen molar-refractivity contribution >= 4 is 35.6 Å². The summed E-state index contributed by atoms with van der Waals surface area (Å²) in [7, 11) is -2.19. The summed E-state index contributed by atoms with van der Waals surface area (Å²) in [5, 5.41) is 11.4. The number of rotatable bonds is 3. The molecule has 0 bridgehead atoms. The lowest BCUT2D eigenvalue weighted by Gasteiger charge is -2.36. The van der Waals surface area contributed by atoms with E-state index in [-0.39, 0.29) is 0 Å². The molecule has 0 aromatic carbocycles. The summed E-state index contributed by atoms with van der Waals surface area (Å²) in [6, 6.07) is 0. The zero-order valence-corrected chi connectivity index (χ0v) is 13.8. The molecule has 1 rings (SSSR count). The largest absolute Gasteiger partial charge is 0.312 e. The minimum absolute atomic E-state index is 0.354. The maximum absolute atomic E-state index is 11.2. The Morgan fingerprint density at radius 2 is 1.76 bits per heavy atom. The van der Waals surface area contributed by atoms with E-state index in [1.165, 1.54) is 11.3 Å². The Balaban J connectivity index is 3.08. The average Bonchev–Trinajstić information content (AvgIpc) is 2.23.